The number of carbonyl (C=O) groups excluding carboxylic acids is 2. The Morgan fingerprint density at radius 1 is 0.842 bits per heavy atom. The minimum atomic E-state index is -5.01. The largest absolute Gasteiger partial charge is 0.457 e. The van der Waals surface area contributed by atoms with Crippen molar-refractivity contribution in [2.45, 2.75) is 13.1 Å². The number of alkyl halides is 3. The number of hydrogen-bond acceptors (Lipinski definition) is 2. The summed E-state index contributed by atoms with van der Waals surface area (Å²) in [6, 6.07) is 16.7. The maximum atomic E-state index is 11.1. The van der Waals surface area contributed by atoms with Crippen LogP contribution in [0, 0.1) is 0 Å². The molecule has 0 aliphatic rings. The van der Waals surface area contributed by atoms with Gasteiger partial charge in [-0.3, -0.25) is 9.59 Å². The lowest BCUT2D eigenvalue weighted by molar-refractivity contribution is -0.173. The van der Waals surface area contributed by atoms with Crippen molar-refractivity contribution in [3.63, 3.8) is 0 Å². The second-order valence-corrected chi connectivity index (χ2v) is 3.73. The summed E-state index contributed by atoms with van der Waals surface area (Å²) in [5.41, 5.74) is 0. The van der Waals surface area contributed by atoms with Crippen molar-refractivity contribution in [1.29, 1.82) is 0 Å². The van der Waals surface area contributed by atoms with E-state index in [1.165, 1.54) is 10.8 Å². The average molecular weight is 268 g/mol. The van der Waals surface area contributed by atoms with Gasteiger partial charge in [0, 0.05) is 6.92 Å². The highest BCUT2D eigenvalue weighted by Gasteiger charge is 2.41. The molecule has 0 saturated heterocycles. The zero-order chi connectivity index (χ0) is 14.5. The number of fused-ring (bicyclic) bond motifs is 1. The third-order valence-corrected chi connectivity index (χ3v) is 2.24. The molecule has 5 heteroatoms. The van der Waals surface area contributed by atoms with E-state index in [9.17, 15) is 22.8 Å². The second kappa shape index (κ2) is 6.13. The van der Waals surface area contributed by atoms with Gasteiger partial charge in [0.25, 0.3) is 0 Å². The van der Waals surface area contributed by atoms with Gasteiger partial charge < -0.3 is 0 Å². The summed E-state index contributed by atoms with van der Waals surface area (Å²) in [5.74, 6) is -3.79. The van der Waals surface area contributed by atoms with Crippen LogP contribution >= 0.6 is 0 Å². The molecule has 0 aliphatic carbocycles. The van der Waals surface area contributed by atoms with E-state index in [1.807, 2.05) is 0 Å². The van der Waals surface area contributed by atoms with Crippen molar-refractivity contribution >= 4 is 22.3 Å². The lowest BCUT2D eigenvalue weighted by Crippen LogP contribution is -2.28. The molecule has 0 saturated carbocycles. The third-order valence-electron chi connectivity index (χ3n) is 2.24. The third kappa shape index (κ3) is 4.54. The first-order valence-electron chi connectivity index (χ1n) is 5.38. The Morgan fingerprint density at radius 3 is 1.32 bits per heavy atom. The van der Waals surface area contributed by atoms with Crippen molar-refractivity contribution in [3.05, 3.63) is 48.5 Å². The normalized spacial score (nSPS) is 10.5. The molecule has 0 aliphatic heterocycles. The number of hydrogen-bond donors (Lipinski definition) is 0. The van der Waals surface area contributed by atoms with Crippen LogP contribution in [0.1, 0.15) is 6.92 Å². The van der Waals surface area contributed by atoms with Gasteiger partial charge in [-0.2, -0.15) is 13.2 Å². The standard InChI is InChI=1S/C10H8.C4H3F3O2/c1-2-6-10-8-4-3-7-9(10)5-1;1-2(8)3(9)4(5,6)7/h1-8H;1H3. The van der Waals surface area contributed by atoms with Crippen LogP contribution in [0.15, 0.2) is 48.5 Å². The highest BCUT2D eigenvalue weighted by Crippen LogP contribution is 2.15. The summed E-state index contributed by atoms with van der Waals surface area (Å²) in [4.78, 5) is 19.4. The number of Topliss-reactive ketones (excluding diaryl/α,β-unsaturated/α-hetero) is 2. The van der Waals surface area contributed by atoms with Crippen LogP contribution in [0.2, 0.25) is 0 Å². The molecule has 0 unspecified atom stereocenters. The van der Waals surface area contributed by atoms with Crippen molar-refractivity contribution < 1.29 is 22.8 Å². The molecule has 0 amide bonds. The van der Waals surface area contributed by atoms with Gasteiger partial charge in [-0.25, -0.2) is 0 Å². The van der Waals surface area contributed by atoms with Crippen molar-refractivity contribution in [2.24, 2.45) is 0 Å². The van der Waals surface area contributed by atoms with Gasteiger partial charge in [-0.05, 0) is 10.8 Å². The average Bonchev–Trinajstić information content (AvgIpc) is 2.37. The van der Waals surface area contributed by atoms with Crippen LogP contribution in [0.4, 0.5) is 13.2 Å². The number of carbonyl (C=O) groups is 2. The maximum absolute atomic E-state index is 11.1. The lowest BCUT2D eigenvalue weighted by Gasteiger charge is -1.98. The van der Waals surface area contributed by atoms with Gasteiger partial charge in [-0.15, -0.1) is 0 Å². The minimum Gasteiger partial charge on any atom is -0.291 e. The van der Waals surface area contributed by atoms with E-state index < -0.39 is 17.7 Å². The van der Waals surface area contributed by atoms with Crippen molar-refractivity contribution in [2.75, 3.05) is 0 Å². The monoisotopic (exact) mass is 268 g/mol. The summed E-state index contributed by atoms with van der Waals surface area (Å²) in [7, 11) is 0. The van der Waals surface area contributed by atoms with Gasteiger partial charge in [0.2, 0.25) is 5.78 Å². The van der Waals surface area contributed by atoms with E-state index in [0.29, 0.717) is 6.92 Å². The van der Waals surface area contributed by atoms with Gasteiger partial charge in [0.05, 0.1) is 0 Å². The summed E-state index contributed by atoms with van der Waals surface area (Å²) in [5, 5.41) is 2.62. The van der Waals surface area contributed by atoms with Gasteiger partial charge in [0.15, 0.2) is 0 Å². The first-order chi connectivity index (χ1) is 8.82. The first-order valence-corrected chi connectivity index (χ1v) is 5.38. The molecule has 0 fully saturated rings. The quantitative estimate of drug-likeness (QED) is 0.741. The van der Waals surface area contributed by atoms with Gasteiger partial charge >= 0.3 is 12.0 Å². The fraction of sp³-hybridized carbons (Fsp3) is 0.143. The smallest absolute Gasteiger partial charge is 0.291 e. The Kier molecular flexibility index (Phi) is 4.80. The van der Waals surface area contributed by atoms with Crippen molar-refractivity contribution in [3.8, 4) is 0 Å². The van der Waals surface area contributed by atoms with Crippen LogP contribution in [-0.4, -0.2) is 17.7 Å². The Bertz CT molecular complexity index is 523. The zero-order valence-corrected chi connectivity index (χ0v) is 10.1. The SMILES string of the molecule is CC(=O)C(=O)C(F)(F)F.c1ccc2ccccc2c1. The Balaban J connectivity index is 0.000000192. The molecule has 19 heavy (non-hydrogen) atoms. The Labute approximate surface area is 107 Å². The molecule has 0 bridgehead atoms. The summed E-state index contributed by atoms with van der Waals surface area (Å²) < 4.78 is 33.4. The number of benzene rings is 2. The molecule has 2 aromatic rings. The van der Waals surface area contributed by atoms with E-state index in [4.69, 9.17) is 0 Å². The topological polar surface area (TPSA) is 34.1 Å². The van der Waals surface area contributed by atoms with E-state index in [1.54, 1.807) is 0 Å². The molecular formula is C14H11F3O2. The summed E-state index contributed by atoms with van der Waals surface area (Å²) >= 11 is 0. The molecule has 0 spiro atoms. The minimum absolute atomic E-state index is 0.579. The molecule has 2 rings (SSSR count). The predicted octanol–water partition coefficient (Wildman–Crippen LogP) is 3.55. The molecule has 100 valence electrons. The number of ketones is 2. The molecule has 2 aromatic carbocycles. The van der Waals surface area contributed by atoms with Gasteiger partial charge in [-0.1, -0.05) is 48.5 Å². The van der Waals surface area contributed by atoms with Gasteiger partial charge in [0.1, 0.15) is 0 Å². The Hall–Kier alpha value is -2.17. The molecule has 0 N–H and O–H groups in total. The number of rotatable bonds is 1. The maximum Gasteiger partial charge on any atom is 0.457 e. The first kappa shape index (κ1) is 14.9. The Morgan fingerprint density at radius 2 is 1.16 bits per heavy atom. The van der Waals surface area contributed by atoms with E-state index in [2.05, 4.69) is 48.5 Å². The molecule has 0 aromatic heterocycles. The van der Waals surface area contributed by atoms with Crippen LogP contribution in [0.3, 0.4) is 0 Å². The molecule has 2 nitrogen and oxygen atoms in total. The summed E-state index contributed by atoms with van der Waals surface area (Å²) in [6.07, 6.45) is -5.01. The van der Waals surface area contributed by atoms with Crippen LogP contribution in [0.25, 0.3) is 10.8 Å². The van der Waals surface area contributed by atoms with E-state index in [-0.39, 0.29) is 0 Å². The molecule has 0 heterocycles. The fourth-order valence-electron chi connectivity index (χ4n) is 1.33. The van der Waals surface area contributed by atoms with Crippen molar-refractivity contribution in [1.82, 2.24) is 0 Å². The lowest BCUT2D eigenvalue weighted by atomic mass is 10.1. The predicted molar refractivity (Wildman–Crippen MR) is 65.7 cm³/mol. The van der Waals surface area contributed by atoms with E-state index in [0.717, 1.165) is 0 Å². The highest BCUT2D eigenvalue weighted by atomic mass is 19.4. The highest BCUT2D eigenvalue weighted by molar-refractivity contribution is 6.38. The van der Waals surface area contributed by atoms with E-state index >= 15 is 0 Å². The van der Waals surface area contributed by atoms with Crippen LogP contribution < -0.4 is 0 Å². The second-order valence-electron chi connectivity index (χ2n) is 3.73. The molecule has 0 radical (unpaired) electrons. The van der Waals surface area contributed by atoms with Crippen LogP contribution in [0.5, 0.6) is 0 Å². The molecular weight excluding hydrogens is 257 g/mol. The van der Waals surface area contributed by atoms with Crippen LogP contribution in [-0.2, 0) is 9.59 Å². The summed E-state index contributed by atoms with van der Waals surface area (Å²) in [6.45, 7) is 0.579. The number of halogens is 3. The fourth-order valence-corrected chi connectivity index (χ4v) is 1.33. The molecule has 0 atom stereocenters. The zero-order valence-electron chi connectivity index (χ0n) is 10.1.